The Bertz CT molecular complexity index is 1630. The Hall–Kier alpha value is -4.49. The van der Waals surface area contributed by atoms with Crippen molar-refractivity contribution in [2.24, 2.45) is 0 Å². The molecule has 0 saturated carbocycles. The molecule has 5 aromatic rings. The Morgan fingerprint density at radius 2 is 1.72 bits per heavy atom. The van der Waals surface area contributed by atoms with Gasteiger partial charge in [-0.05, 0) is 37.1 Å². The number of halogens is 6. The van der Waals surface area contributed by atoms with Gasteiger partial charge >= 0.3 is 13.2 Å². The maximum atomic E-state index is 14.6. The molecule has 0 amide bonds. The number of nitrogens with zero attached hydrogens (tertiary/aromatic N) is 5. The van der Waals surface area contributed by atoms with E-state index in [0.717, 1.165) is 30.7 Å². The van der Waals surface area contributed by atoms with E-state index in [1.165, 1.54) is 16.8 Å². The van der Waals surface area contributed by atoms with Crippen LogP contribution >= 0.6 is 0 Å². The molecule has 0 unspecified atom stereocenters. The number of H-pyrrole nitrogens is 1. The van der Waals surface area contributed by atoms with Gasteiger partial charge in [0.25, 0.3) is 0 Å². The summed E-state index contributed by atoms with van der Waals surface area (Å²) in [6, 6.07) is 6.79. The monoisotopic (exact) mass is 548 g/mol. The molecule has 39 heavy (non-hydrogen) atoms. The van der Waals surface area contributed by atoms with Gasteiger partial charge in [0.15, 0.2) is 17.1 Å². The molecule has 0 bridgehead atoms. The van der Waals surface area contributed by atoms with Crippen molar-refractivity contribution >= 4 is 22.5 Å². The van der Waals surface area contributed by atoms with E-state index in [9.17, 15) is 26.3 Å². The fourth-order valence-corrected chi connectivity index (χ4v) is 4.84. The summed E-state index contributed by atoms with van der Waals surface area (Å²) in [6.07, 6.45) is 4.49. The molecule has 1 aliphatic rings. The van der Waals surface area contributed by atoms with Gasteiger partial charge in [-0.1, -0.05) is 0 Å². The normalized spacial score (nSPS) is 15.8. The topological polar surface area (TPSA) is 80.6 Å². The minimum absolute atomic E-state index is 0.152. The molecule has 1 atom stereocenters. The van der Waals surface area contributed by atoms with E-state index < -0.39 is 42.4 Å². The van der Waals surface area contributed by atoms with E-state index in [2.05, 4.69) is 24.5 Å². The van der Waals surface area contributed by atoms with E-state index in [1.54, 1.807) is 12.3 Å². The third-order valence-electron chi connectivity index (χ3n) is 6.45. The summed E-state index contributed by atoms with van der Waals surface area (Å²) >= 11 is 0. The van der Waals surface area contributed by atoms with Crippen molar-refractivity contribution in [3.63, 3.8) is 0 Å². The molecule has 1 fully saturated rings. The van der Waals surface area contributed by atoms with Crippen LogP contribution in [0.2, 0.25) is 0 Å². The number of fused-ring (bicyclic) bond motifs is 2. The number of hydrogen-bond acceptors (Lipinski definition) is 6. The summed E-state index contributed by atoms with van der Waals surface area (Å²) in [5.41, 5.74) is 1.40. The predicted molar refractivity (Wildman–Crippen MR) is 127 cm³/mol. The number of benzene rings is 2. The van der Waals surface area contributed by atoms with Crippen molar-refractivity contribution in [3.05, 3.63) is 66.0 Å². The van der Waals surface area contributed by atoms with E-state index in [-0.39, 0.29) is 22.4 Å². The van der Waals surface area contributed by atoms with Crippen LogP contribution in [-0.4, -0.2) is 44.3 Å². The standard InChI is InChI=1S/C25H18F6N6O2/c26-12-3-4-15(27)13(8-12)18-2-1-6-36(18)21-5-7-37-23(35-21)14(11-32-37)22-33-16-9-19(38-24(28)29)20(39-25(30)31)10-17(16)34-22/h3-5,7-11,18,24-25H,1-2,6H2,(H,33,34)/t18-/m1/s1. The second-order valence-corrected chi connectivity index (χ2v) is 8.79. The Kier molecular flexibility index (Phi) is 6.16. The third-order valence-corrected chi connectivity index (χ3v) is 6.45. The zero-order chi connectivity index (χ0) is 27.3. The first kappa shape index (κ1) is 24.8. The molecule has 6 rings (SSSR count). The first-order valence-corrected chi connectivity index (χ1v) is 11.8. The van der Waals surface area contributed by atoms with Crippen molar-refractivity contribution in [1.29, 1.82) is 0 Å². The highest BCUT2D eigenvalue weighted by molar-refractivity contribution is 5.85. The third kappa shape index (κ3) is 4.66. The first-order valence-electron chi connectivity index (χ1n) is 11.8. The fraction of sp³-hybridized carbons (Fsp3) is 0.240. The number of anilines is 1. The lowest BCUT2D eigenvalue weighted by atomic mass is 10.0. The lowest BCUT2D eigenvalue weighted by molar-refractivity contribution is -0.0690. The van der Waals surface area contributed by atoms with Gasteiger partial charge in [-0.2, -0.15) is 22.7 Å². The zero-order valence-corrected chi connectivity index (χ0v) is 19.8. The second kappa shape index (κ2) is 9.67. The lowest BCUT2D eigenvalue weighted by Gasteiger charge is -2.26. The minimum Gasteiger partial charge on any atom is -0.431 e. The SMILES string of the molecule is Fc1ccc(F)c([C@H]2CCCN2c2ccn3ncc(-c4nc5cc(OC(F)F)c(OC(F)F)cc5[nH]4)c3n2)c1. The highest BCUT2D eigenvalue weighted by atomic mass is 19.3. The highest BCUT2D eigenvalue weighted by Crippen LogP contribution is 2.38. The Morgan fingerprint density at radius 3 is 2.49 bits per heavy atom. The summed E-state index contributed by atoms with van der Waals surface area (Å²) < 4.78 is 89.9. The van der Waals surface area contributed by atoms with Crippen LogP contribution in [0, 0.1) is 11.6 Å². The number of imidazole rings is 1. The average Bonchev–Trinajstić information content (AvgIpc) is 3.62. The van der Waals surface area contributed by atoms with Crippen molar-refractivity contribution in [2.75, 3.05) is 11.4 Å². The fourth-order valence-electron chi connectivity index (χ4n) is 4.84. The van der Waals surface area contributed by atoms with Gasteiger partial charge in [-0.3, -0.25) is 0 Å². The Labute approximate surface area is 215 Å². The molecule has 3 aromatic heterocycles. The van der Waals surface area contributed by atoms with Crippen LogP contribution in [0.3, 0.4) is 0 Å². The molecular formula is C25H18F6N6O2. The average molecular weight is 548 g/mol. The smallest absolute Gasteiger partial charge is 0.387 e. The molecular weight excluding hydrogens is 530 g/mol. The number of aromatic amines is 1. The van der Waals surface area contributed by atoms with Crippen molar-refractivity contribution in [3.8, 4) is 22.9 Å². The Morgan fingerprint density at radius 1 is 0.949 bits per heavy atom. The van der Waals surface area contributed by atoms with Gasteiger partial charge in [0, 0.05) is 30.4 Å². The van der Waals surface area contributed by atoms with Crippen LogP contribution in [0.15, 0.2) is 48.8 Å². The van der Waals surface area contributed by atoms with Crippen LogP contribution in [-0.2, 0) is 0 Å². The number of rotatable bonds is 7. The largest absolute Gasteiger partial charge is 0.431 e. The molecule has 1 saturated heterocycles. The highest BCUT2D eigenvalue weighted by Gasteiger charge is 2.30. The summed E-state index contributed by atoms with van der Waals surface area (Å²) in [5, 5.41) is 4.27. The van der Waals surface area contributed by atoms with Crippen molar-refractivity contribution in [2.45, 2.75) is 32.1 Å². The summed E-state index contributed by atoms with van der Waals surface area (Å²) in [6.45, 7) is -5.96. The maximum Gasteiger partial charge on any atom is 0.387 e. The van der Waals surface area contributed by atoms with E-state index in [0.29, 0.717) is 30.0 Å². The van der Waals surface area contributed by atoms with Crippen LogP contribution < -0.4 is 14.4 Å². The molecule has 1 N–H and O–H groups in total. The number of ether oxygens (including phenoxy) is 2. The molecule has 4 heterocycles. The van der Waals surface area contributed by atoms with Crippen LogP contribution in [0.4, 0.5) is 32.2 Å². The molecule has 0 spiro atoms. The van der Waals surface area contributed by atoms with Gasteiger partial charge in [0.1, 0.15) is 23.3 Å². The first-order chi connectivity index (χ1) is 18.8. The number of alkyl halides is 4. The van der Waals surface area contributed by atoms with Crippen molar-refractivity contribution < 1.29 is 35.8 Å². The summed E-state index contributed by atoms with van der Waals surface area (Å²) in [4.78, 5) is 13.9. The lowest BCUT2D eigenvalue weighted by Crippen LogP contribution is -2.24. The number of hydrogen-bond donors (Lipinski definition) is 1. The van der Waals surface area contributed by atoms with Gasteiger partial charge in [-0.15, -0.1) is 0 Å². The minimum atomic E-state index is -3.27. The van der Waals surface area contributed by atoms with Crippen LogP contribution in [0.1, 0.15) is 24.4 Å². The summed E-state index contributed by atoms with van der Waals surface area (Å²) in [7, 11) is 0. The maximum absolute atomic E-state index is 14.6. The molecule has 2 aromatic carbocycles. The van der Waals surface area contributed by atoms with E-state index >= 15 is 0 Å². The number of nitrogens with one attached hydrogen (secondary N) is 1. The molecule has 0 aliphatic carbocycles. The molecule has 202 valence electrons. The molecule has 14 heteroatoms. The molecule has 0 radical (unpaired) electrons. The van der Waals surface area contributed by atoms with Crippen molar-refractivity contribution in [1.82, 2.24) is 24.6 Å². The van der Waals surface area contributed by atoms with Gasteiger partial charge in [0.05, 0.1) is 28.8 Å². The predicted octanol–water partition coefficient (Wildman–Crippen LogP) is 6.10. The van der Waals surface area contributed by atoms with Crippen LogP contribution in [0.25, 0.3) is 28.1 Å². The second-order valence-electron chi connectivity index (χ2n) is 8.79. The zero-order valence-electron chi connectivity index (χ0n) is 19.8. The van der Waals surface area contributed by atoms with E-state index in [4.69, 9.17) is 4.98 Å². The van der Waals surface area contributed by atoms with E-state index in [1.807, 2.05) is 4.90 Å². The van der Waals surface area contributed by atoms with Crippen LogP contribution in [0.5, 0.6) is 11.5 Å². The van der Waals surface area contributed by atoms with Gasteiger partial charge in [0.2, 0.25) is 0 Å². The van der Waals surface area contributed by atoms with Gasteiger partial charge in [-0.25, -0.2) is 23.3 Å². The number of aromatic nitrogens is 5. The Balaban J connectivity index is 1.39. The molecule has 8 nitrogen and oxygen atoms in total. The quantitative estimate of drug-likeness (QED) is 0.248. The van der Waals surface area contributed by atoms with Gasteiger partial charge < -0.3 is 19.4 Å². The molecule has 1 aliphatic heterocycles. The summed E-state index contributed by atoms with van der Waals surface area (Å²) in [5.74, 6) is -1.48.